The maximum Gasteiger partial charge on any atom is 0.138 e. The Kier molecular flexibility index (Phi) is 6.05. The van der Waals surface area contributed by atoms with Crippen molar-refractivity contribution in [1.29, 1.82) is 0 Å². The Bertz CT molecular complexity index is 382. The highest BCUT2D eigenvalue weighted by molar-refractivity contribution is 5.80. The maximum absolute atomic E-state index is 11.9. The van der Waals surface area contributed by atoms with Crippen LogP contribution in [0, 0.1) is 6.92 Å². The number of ketones is 1. The summed E-state index contributed by atoms with van der Waals surface area (Å²) in [4.78, 5) is 11.9. The molecule has 1 rings (SSSR count). The van der Waals surface area contributed by atoms with Gasteiger partial charge in [0.05, 0.1) is 5.69 Å². The zero-order chi connectivity index (χ0) is 13.5. The molecule has 0 saturated carbocycles. The van der Waals surface area contributed by atoms with E-state index < -0.39 is 0 Å². The van der Waals surface area contributed by atoms with E-state index >= 15 is 0 Å². The number of hydrogen-bond donors (Lipinski definition) is 1. The largest absolute Gasteiger partial charge is 0.315 e. The van der Waals surface area contributed by atoms with Crippen molar-refractivity contribution in [2.75, 3.05) is 6.54 Å². The van der Waals surface area contributed by atoms with E-state index in [2.05, 4.69) is 24.3 Å². The second kappa shape index (κ2) is 7.31. The fourth-order valence-corrected chi connectivity index (χ4v) is 1.98. The van der Waals surface area contributed by atoms with Gasteiger partial charge in [0.25, 0.3) is 0 Å². The van der Waals surface area contributed by atoms with E-state index in [0.717, 1.165) is 30.9 Å². The Morgan fingerprint density at radius 1 is 1.50 bits per heavy atom. The zero-order valence-corrected chi connectivity index (χ0v) is 12.0. The Morgan fingerprint density at radius 2 is 2.22 bits per heavy atom. The molecule has 0 aliphatic heterocycles. The summed E-state index contributed by atoms with van der Waals surface area (Å²) in [5.41, 5.74) is 2.03. The molecule has 0 radical (unpaired) electrons. The number of rotatable bonds is 8. The third-order valence-electron chi connectivity index (χ3n) is 2.85. The van der Waals surface area contributed by atoms with Crippen LogP contribution in [0.1, 0.15) is 45.0 Å². The molecule has 0 aliphatic rings. The lowest BCUT2D eigenvalue weighted by Gasteiger charge is -2.07. The van der Waals surface area contributed by atoms with E-state index in [0.29, 0.717) is 24.7 Å². The molecule has 0 unspecified atom stereocenters. The van der Waals surface area contributed by atoms with Crippen LogP contribution in [0.4, 0.5) is 0 Å². The molecule has 1 heterocycles. The Hall–Kier alpha value is -1.16. The van der Waals surface area contributed by atoms with Gasteiger partial charge in [-0.2, -0.15) is 5.10 Å². The topological polar surface area (TPSA) is 46.9 Å². The lowest BCUT2D eigenvalue weighted by atomic mass is 10.1. The molecule has 0 saturated heterocycles. The van der Waals surface area contributed by atoms with E-state index in [-0.39, 0.29) is 0 Å². The van der Waals surface area contributed by atoms with Crippen molar-refractivity contribution in [2.24, 2.45) is 0 Å². The highest BCUT2D eigenvalue weighted by Crippen LogP contribution is 2.07. The third-order valence-corrected chi connectivity index (χ3v) is 2.85. The van der Waals surface area contributed by atoms with Crippen LogP contribution in [-0.2, 0) is 17.8 Å². The van der Waals surface area contributed by atoms with E-state index in [1.807, 2.05) is 24.6 Å². The Labute approximate surface area is 110 Å². The smallest absolute Gasteiger partial charge is 0.138 e. The number of Topliss-reactive ketones (excluding diaryl/α,β-unsaturated/α-hetero) is 1. The summed E-state index contributed by atoms with van der Waals surface area (Å²) in [5, 5.41) is 7.68. The van der Waals surface area contributed by atoms with Gasteiger partial charge in [-0.15, -0.1) is 0 Å². The van der Waals surface area contributed by atoms with Crippen molar-refractivity contribution in [3.8, 4) is 0 Å². The summed E-state index contributed by atoms with van der Waals surface area (Å²) in [6.07, 6.45) is 2.07. The van der Waals surface area contributed by atoms with E-state index in [9.17, 15) is 4.79 Å². The van der Waals surface area contributed by atoms with Gasteiger partial charge < -0.3 is 5.32 Å². The number of aryl methyl sites for hydroxylation is 2. The standard InChI is InChI=1S/C14H25N3O/c1-5-17-13(9-12(4)16-17)10-14(18)7-6-8-15-11(2)3/h9,11,15H,5-8,10H2,1-4H3. The first-order valence-electron chi connectivity index (χ1n) is 6.81. The van der Waals surface area contributed by atoms with Crippen LogP contribution in [0.2, 0.25) is 0 Å². The first kappa shape index (κ1) is 14.9. The Morgan fingerprint density at radius 3 is 2.83 bits per heavy atom. The number of nitrogens with zero attached hydrogens (tertiary/aromatic N) is 2. The summed E-state index contributed by atoms with van der Waals surface area (Å²) >= 11 is 0. The van der Waals surface area contributed by atoms with Gasteiger partial charge in [0.1, 0.15) is 5.78 Å². The molecular formula is C14H25N3O. The lowest BCUT2D eigenvalue weighted by Crippen LogP contribution is -2.24. The molecule has 1 aromatic heterocycles. The minimum atomic E-state index is 0.301. The van der Waals surface area contributed by atoms with Gasteiger partial charge in [-0.25, -0.2) is 0 Å². The summed E-state index contributed by atoms with van der Waals surface area (Å²) < 4.78 is 1.92. The first-order chi connectivity index (χ1) is 8.52. The molecule has 1 aromatic rings. The molecule has 18 heavy (non-hydrogen) atoms. The van der Waals surface area contributed by atoms with Crippen LogP contribution in [0.15, 0.2) is 6.07 Å². The van der Waals surface area contributed by atoms with Crippen LogP contribution < -0.4 is 5.32 Å². The van der Waals surface area contributed by atoms with E-state index in [4.69, 9.17) is 0 Å². The van der Waals surface area contributed by atoms with Crippen LogP contribution in [0.5, 0.6) is 0 Å². The van der Waals surface area contributed by atoms with Gasteiger partial charge >= 0.3 is 0 Å². The zero-order valence-electron chi connectivity index (χ0n) is 12.0. The van der Waals surface area contributed by atoms with Crippen LogP contribution >= 0.6 is 0 Å². The van der Waals surface area contributed by atoms with Crippen molar-refractivity contribution in [1.82, 2.24) is 15.1 Å². The number of nitrogens with one attached hydrogen (secondary N) is 1. The predicted molar refractivity (Wildman–Crippen MR) is 73.7 cm³/mol. The monoisotopic (exact) mass is 251 g/mol. The average molecular weight is 251 g/mol. The molecule has 0 aromatic carbocycles. The van der Waals surface area contributed by atoms with Crippen molar-refractivity contribution in [3.05, 3.63) is 17.5 Å². The molecule has 1 N–H and O–H groups in total. The molecule has 0 spiro atoms. The highest BCUT2D eigenvalue weighted by atomic mass is 16.1. The molecule has 0 fully saturated rings. The van der Waals surface area contributed by atoms with Crippen molar-refractivity contribution < 1.29 is 4.79 Å². The van der Waals surface area contributed by atoms with E-state index in [1.165, 1.54) is 0 Å². The summed E-state index contributed by atoms with van der Waals surface area (Å²) in [6.45, 7) is 9.98. The number of carbonyl (C=O) groups is 1. The van der Waals surface area contributed by atoms with Gasteiger partial charge in [-0.1, -0.05) is 13.8 Å². The van der Waals surface area contributed by atoms with Gasteiger partial charge in [0, 0.05) is 31.1 Å². The molecule has 102 valence electrons. The summed E-state index contributed by atoms with van der Waals surface area (Å²) in [5.74, 6) is 0.301. The van der Waals surface area contributed by atoms with Gasteiger partial charge in [-0.05, 0) is 32.9 Å². The minimum absolute atomic E-state index is 0.301. The third kappa shape index (κ3) is 5.00. The normalized spacial score (nSPS) is 11.2. The van der Waals surface area contributed by atoms with Crippen molar-refractivity contribution in [2.45, 2.75) is 59.5 Å². The van der Waals surface area contributed by atoms with Gasteiger partial charge in [0.15, 0.2) is 0 Å². The maximum atomic E-state index is 11.9. The predicted octanol–water partition coefficient (Wildman–Crippen LogP) is 2.10. The van der Waals surface area contributed by atoms with E-state index in [1.54, 1.807) is 0 Å². The second-order valence-electron chi connectivity index (χ2n) is 5.02. The molecular weight excluding hydrogens is 226 g/mol. The molecule has 0 atom stereocenters. The van der Waals surface area contributed by atoms with Crippen LogP contribution in [-0.4, -0.2) is 28.2 Å². The Balaban J connectivity index is 2.35. The molecule has 4 heteroatoms. The fourth-order valence-electron chi connectivity index (χ4n) is 1.98. The summed E-state index contributed by atoms with van der Waals surface area (Å²) in [7, 11) is 0. The lowest BCUT2D eigenvalue weighted by molar-refractivity contribution is -0.118. The first-order valence-corrected chi connectivity index (χ1v) is 6.81. The molecule has 4 nitrogen and oxygen atoms in total. The second-order valence-corrected chi connectivity index (χ2v) is 5.02. The molecule has 0 bridgehead atoms. The minimum Gasteiger partial charge on any atom is -0.315 e. The van der Waals surface area contributed by atoms with Crippen LogP contribution in [0.25, 0.3) is 0 Å². The number of aromatic nitrogens is 2. The quantitative estimate of drug-likeness (QED) is 0.720. The molecule has 0 amide bonds. The van der Waals surface area contributed by atoms with Gasteiger partial charge in [0.2, 0.25) is 0 Å². The fraction of sp³-hybridized carbons (Fsp3) is 0.714. The SMILES string of the molecule is CCn1nc(C)cc1CC(=O)CCCNC(C)C. The molecule has 0 aliphatic carbocycles. The number of hydrogen-bond acceptors (Lipinski definition) is 3. The van der Waals surface area contributed by atoms with Gasteiger partial charge in [-0.3, -0.25) is 9.48 Å². The van der Waals surface area contributed by atoms with Crippen molar-refractivity contribution in [3.63, 3.8) is 0 Å². The number of carbonyl (C=O) groups excluding carboxylic acids is 1. The van der Waals surface area contributed by atoms with Crippen LogP contribution in [0.3, 0.4) is 0 Å². The van der Waals surface area contributed by atoms with Crippen molar-refractivity contribution >= 4 is 5.78 Å². The highest BCUT2D eigenvalue weighted by Gasteiger charge is 2.09. The average Bonchev–Trinajstić information content (AvgIpc) is 2.64. The summed E-state index contributed by atoms with van der Waals surface area (Å²) in [6, 6.07) is 2.50.